The molecule has 2 atom stereocenters. The van der Waals surface area contributed by atoms with Crippen LogP contribution in [-0.4, -0.2) is 8.76 Å². The average molecular weight is 159 g/mol. The highest BCUT2D eigenvalue weighted by Gasteiger charge is 2.09. The minimum absolute atomic E-state index is 0.595. The molecule has 3 heteroatoms. The van der Waals surface area contributed by atoms with Crippen LogP contribution >= 0.6 is 0 Å². The van der Waals surface area contributed by atoms with E-state index in [2.05, 4.69) is 6.92 Å². The van der Waals surface area contributed by atoms with Crippen molar-refractivity contribution < 1.29 is 8.76 Å². The molecule has 0 radical (unpaired) electrons. The Labute approximate surface area is 63.6 Å². The molecule has 0 spiro atoms. The van der Waals surface area contributed by atoms with Crippen LogP contribution in [0.4, 0.5) is 0 Å². The van der Waals surface area contributed by atoms with E-state index in [4.69, 9.17) is 0 Å². The van der Waals surface area contributed by atoms with Gasteiger partial charge in [-0.15, -0.1) is 0 Å². The summed E-state index contributed by atoms with van der Waals surface area (Å²) in [5, 5.41) is 0. The van der Waals surface area contributed by atoms with Gasteiger partial charge in [0.05, 0.1) is 0 Å². The average Bonchev–Trinajstić information content (AvgIpc) is 1.88. The van der Waals surface area contributed by atoms with Gasteiger partial charge in [-0.3, -0.25) is 4.21 Å². The summed E-state index contributed by atoms with van der Waals surface area (Å²) in [6.45, 7) is 2.14. The summed E-state index contributed by atoms with van der Waals surface area (Å²) in [4.78, 5) is 0.595. The highest BCUT2D eigenvalue weighted by molar-refractivity contribution is 7.83. The van der Waals surface area contributed by atoms with Crippen LogP contribution in [0.25, 0.3) is 0 Å². The highest BCUT2D eigenvalue weighted by Crippen LogP contribution is 2.23. The van der Waals surface area contributed by atoms with E-state index in [0.717, 1.165) is 19.3 Å². The Kier molecular flexibility index (Phi) is 2.63. The molecule has 1 rings (SSSR count). The largest absolute Gasteiger partial charge is 0.769 e. The topological polar surface area (TPSA) is 40.1 Å². The molecule has 1 aliphatic rings. The maximum atomic E-state index is 10.4. The third-order valence-corrected chi connectivity index (χ3v) is 2.64. The molecule has 10 heavy (non-hydrogen) atoms. The first-order valence-corrected chi connectivity index (χ1v) is 4.56. The van der Waals surface area contributed by atoms with Crippen molar-refractivity contribution in [3.05, 3.63) is 11.0 Å². The molecule has 58 valence electrons. The Morgan fingerprint density at radius 2 is 2.50 bits per heavy atom. The van der Waals surface area contributed by atoms with Gasteiger partial charge in [0, 0.05) is 0 Å². The van der Waals surface area contributed by atoms with Crippen LogP contribution < -0.4 is 0 Å². The quantitative estimate of drug-likeness (QED) is 0.545. The third kappa shape index (κ3) is 1.92. The predicted molar refractivity (Wildman–Crippen MR) is 40.0 cm³/mol. The lowest BCUT2D eigenvalue weighted by molar-refractivity contribution is 0.506. The summed E-state index contributed by atoms with van der Waals surface area (Å²) in [6, 6.07) is 0. The van der Waals surface area contributed by atoms with Crippen molar-refractivity contribution in [1.29, 1.82) is 0 Å². The Bertz CT molecular complexity index is 174. The van der Waals surface area contributed by atoms with Crippen LogP contribution in [-0.2, 0) is 11.1 Å². The molecule has 0 aliphatic heterocycles. The van der Waals surface area contributed by atoms with Gasteiger partial charge in [-0.25, -0.2) is 0 Å². The molecule has 0 saturated heterocycles. The van der Waals surface area contributed by atoms with Crippen LogP contribution in [0.2, 0.25) is 0 Å². The zero-order valence-electron chi connectivity index (χ0n) is 6.00. The fourth-order valence-corrected chi connectivity index (χ4v) is 1.61. The van der Waals surface area contributed by atoms with E-state index in [1.54, 1.807) is 0 Å². The molecule has 0 amide bonds. The van der Waals surface area contributed by atoms with Gasteiger partial charge in [-0.05, 0) is 41.2 Å². The van der Waals surface area contributed by atoms with Crippen LogP contribution in [0, 0.1) is 5.92 Å². The first-order chi connectivity index (χ1) is 4.70. The molecular weight excluding hydrogens is 148 g/mol. The fourth-order valence-electron chi connectivity index (χ4n) is 1.09. The molecule has 0 saturated carbocycles. The summed E-state index contributed by atoms with van der Waals surface area (Å²) in [6.07, 6.45) is 4.50. The van der Waals surface area contributed by atoms with E-state index in [-0.39, 0.29) is 0 Å². The summed E-state index contributed by atoms with van der Waals surface area (Å²) in [7, 11) is 0. The van der Waals surface area contributed by atoms with E-state index in [1.807, 2.05) is 6.08 Å². The Morgan fingerprint density at radius 3 is 2.90 bits per heavy atom. The Hall–Kier alpha value is -0.150. The molecule has 0 N–H and O–H groups in total. The minimum atomic E-state index is -1.96. The van der Waals surface area contributed by atoms with Gasteiger partial charge in [0.25, 0.3) is 0 Å². The monoisotopic (exact) mass is 159 g/mol. The Morgan fingerprint density at radius 1 is 1.80 bits per heavy atom. The Balaban J connectivity index is 2.56. The second-order valence-corrected chi connectivity index (χ2v) is 3.78. The molecule has 2 nitrogen and oxygen atoms in total. The van der Waals surface area contributed by atoms with Crippen molar-refractivity contribution in [2.45, 2.75) is 26.2 Å². The zero-order chi connectivity index (χ0) is 7.56. The summed E-state index contributed by atoms with van der Waals surface area (Å²) in [5.41, 5.74) is 0. The smallest absolute Gasteiger partial charge is 0.00156 e. The maximum Gasteiger partial charge on any atom is -0.00156 e. The van der Waals surface area contributed by atoms with Gasteiger partial charge in [0.2, 0.25) is 0 Å². The minimum Gasteiger partial charge on any atom is -0.769 e. The zero-order valence-corrected chi connectivity index (χ0v) is 6.82. The molecule has 0 bridgehead atoms. The predicted octanol–water partition coefficient (Wildman–Crippen LogP) is 1.57. The second-order valence-electron chi connectivity index (χ2n) is 2.78. The lowest BCUT2D eigenvalue weighted by atomic mass is 9.96. The standard InChI is InChI=1S/C7H12O2S/c1-6-2-4-7(5-3-6)10(8)9/h4,6H,2-3,5H2,1H3,(H,8,9)/p-1. The fraction of sp³-hybridized carbons (Fsp3) is 0.714. The van der Waals surface area contributed by atoms with Gasteiger partial charge in [-0.2, -0.15) is 0 Å². The van der Waals surface area contributed by atoms with Crippen LogP contribution in [0.15, 0.2) is 11.0 Å². The molecule has 1 aliphatic carbocycles. The van der Waals surface area contributed by atoms with Gasteiger partial charge < -0.3 is 4.55 Å². The molecule has 0 aromatic heterocycles. The van der Waals surface area contributed by atoms with E-state index >= 15 is 0 Å². The van der Waals surface area contributed by atoms with Crippen molar-refractivity contribution in [3.8, 4) is 0 Å². The summed E-state index contributed by atoms with van der Waals surface area (Å²) < 4.78 is 20.8. The second kappa shape index (κ2) is 3.30. The van der Waals surface area contributed by atoms with Crippen LogP contribution in [0.5, 0.6) is 0 Å². The van der Waals surface area contributed by atoms with E-state index in [9.17, 15) is 8.76 Å². The summed E-state index contributed by atoms with van der Waals surface area (Å²) >= 11 is -1.96. The van der Waals surface area contributed by atoms with Crippen LogP contribution in [0.3, 0.4) is 0 Å². The van der Waals surface area contributed by atoms with E-state index in [0.29, 0.717) is 10.8 Å². The van der Waals surface area contributed by atoms with Crippen molar-refractivity contribution >= 4 is 11.1 Å². The maximum absolute atomic E-state index is 10.4. The molecule has 0 aromatic rings. The first-order valence-electron chi connectivity index (χ1n) is 3.48. The van der Waals surface area contributed by atoms with Crippen LogP contribution in [0.1, 0.15) is 26.2 Å². The third-order valence-electron chi connectivity index (χ3n) is 1.85. The molecule has 0 fully saturated rings. The number of hydrogen-bond acceptors (Lipinski definition) is 2. The van der Waals surface area contributed by atoms with Gasteiger partial charge in [-0.1, -0.05) is 13.0 Å². The first kappa shape index (κ1) is 7.95. The van der Waals surface area contributed by atoms with Gasteiger partial charge in [0.1, 0.15) is 0 Å². The molecule has 2 unspecified atom stereocenters. The normalized spacial score (nSPS) is 29.4. The molecular formula is C7H11O2S-. The number of hydrogen-bond donors (Lipinski definition) is 0. The SMILES string of the molecule is CC1CC=C(S(=O)[O-])CC1. The lowest BCUT2D eigenvalue weighted by Crippen LogP contribution is -2.04. The summed E-state index contributed by atoms with van der Waals surface area (Å²) in [5.74, 6) is 0.660. The van der Waals surface area contributed by atoms with Crippen molar-refractivity contribution in [2.75, 3.05) is 0 Å². The van der Waals surface area contributed by atoms with Crippen molar-refractivity contribution in [2.24, 2.45) is 5.92 Å². The van der Waals surface area contributed by atoms with Gasteiger partial charge >= 0.3 is 0 Å². The highest BCUT2D eigenvalue weighted by atomic mass is 32.2. The molecule has 0 aromatic carbocycles. The number of rotatable bonds is 1. The van der Waals surface area contributed by atoms with Crippen molar-refractivity contribution in [3.63, 3.8) is 0 Å². The van der Waals surface area contributed by atoms with Crippen molar-refractivity contribution in [1.82, 2.24) is 0 Å². The van der Waals surface area contributed by atoms with Gasteiger partial charge in [0.15, 0.2) is 0 Å². The van der Waals surface area contributed by atoms with E-state index < -0.39 is 11.1 Å². The number of allylic oxidation sites excluding steroid dienone is 2. The molecule has 0 heterocycles. The lowest BCUT2D eigenvalue weighted by Gasteiger charge is -2.19. The van der Waals surface area contributed by atoms with E-state index in [1.165, 1.54) is 0 Å².